The summed E-state index contributed by atoms with van der Waals surface area (Å²) in [6.45, 7) is 4.05. The second-order valence-electron chi connectivity index (χ2n) is 6.15. The maximum absolute atomic E-state index is 9.64. The monoisotopic (exact) mass is 440 g/mol. The zero-order valence-electron chi connectivity index (χ0n) is 15.3. The van der Waals surface area contributed by atoms with Gasteiger partial charge in [-0.05, 0) is 67.4 Å². The molecule has 0 aliphatic heterocycles. The van der Waals surface area contributed by atoms with Crippen LogP contribution in [0.1, 0.15) is 22.5 Å². The minimum absolute atomic E-state index is 0.612. The lowest BCUT2D eigenvalue weighted by Crippen LogP contribution is -2.02. The van der Waals surface area contributed by atoms with Crippen LogP contribution in [-0.4, -0.2) is 11.7 Å². The van der Waals surface area contributed by atoms with Crippen LogP contribution < -0.4 is 4.74 Å². The van der Waals surface area contributed by atoms with E-state index in [0.29, 0.717) is 10.6 Å². The highest BCUT2D eigenvalue weighted by molar-refractivity contribution is 9.10. The summed E-state index contributed by atoms with van der Waals surface area (Å²) in [7, 11) is 1.64. The molecular formula is C22H18BrClN2O. The van der Waals surface area contributed by atoms with Crippen molar-refractivity contribution >= 4 is 39.2 Å². The standard InChI is InChI=1S/C22H18BrClN2O/c1-14-10-17(11-18(13-25)16-4-6-19(23)7-5-16)15(2)26(14)21-12-20(24)8-9-22(21)27-3/h4-12H,1-3H3/b18-11-. The van der Waals surface area contributed by atoms with Crippen molar-refractivity contribution in [3.05, 3.63) is 80.5 Å². The molecule has 27 heavy (non-hydrogen) atoms. The van der Waals surface area contributed by atoms with Crippen molar-refractivity contribution in [3.63, 3.8) is 0 Å². The van der Waals surface area contributed by atoms with Crippen molar-refractivity contribution in [2.24, 2.45) is 0 Å². The Morgan fingerprint density at radius 2 is 1.85 bits per heavy atom. The molecule has 0 bridgehead atoms. The highest BCUT2D eigenvalue weighted by atomic mass is 79.9. The topological polar surface area (TPSA) is 38.0 Å². The Morgan fingerprint density at radius 1 is 1.15 bits per heavy atom. The van der Waals surface area contributed by atoms with Gasteiger partial charge in [0.25, 0.3) is 0 Å². The first-order valence-corrected chi connectivity index (χ1v) is 9.52. The predicted octanol–water partition coefficient (Wildman–Crippen LogP) is 6.58. The second kappa shape index (κ2) is 8.04. The maximum atomic E-state index is 9.64. The summed E-state index contributed by atoms with van der Waals surface area (Å²) in [4.78, 5) is 0. The molecule has 0 aliphatic rings. The van der Waals surface area contributed by atoms with Crippen molar-refractivity contribution in [3.8, 4) is 17.5 Å². The SMILES string of the molecule is COc1ccc(Cl)cc1-n1c(C)cc(/C=C(/C#N)c2ccc(Br)cc2)c1C. The Labute approximate surface area is 172 Å². The lowest BCUT2D eigenvalue weighted by atomic mass is 10.0. The maximum Gasteiger partial charge on any atom is 0.142 e. The van der Waals surface area contributed by atoms with Crippen LogP contribution in [0.15, 0.2) is 53.0 Å². The first kappa shape index (κ1) is 19.3. The summed E-state index contributed by atoms with van der Waals surface area (Å²) in [5.41, 5.74) is 5.40. The number of hydrogen-bond donors (Lipinski definition) is 0. The molecule has 0 aliphatic carbocycles. The summed E-state index contributed by atoms with van der Waals surface area (Å²) in [6.07, 6.45) is 1.92. The average Bonchev–Trinajstić information content (AvgIpc) is 2.93. The van der Waals surface area contributed by atoms with Gasteiger partial charge in [0, 0.05) is 20.9 Å². The van der Waals surface area contributed by atoms with Crippen LogP contribution in [0.2, 0.25) is 5.02 Å². The minimum atomic E-state index is 0.612. The van der Waals surface area contributed by atoms with Crippen LogP contribution in [0.25, 0.3) is 17.3 Å². The third-order valence-electron chi connectivity index (χ3n) is 4.43. The van der Waals surface area contributed by atoms with Crippen LogP contribution in [0.5, 0.6) is 5.75 Å². The summed E-state index contributed by atoms with van der Waals surface area (Å²) in [5.74, 6) is 0.741. The molecule has 136 valence electrons. The van der Waals surface area contributed by atoms with E-state index in [1.165, 1.54) is 0 Å². The fraction of sp³-hybridized carbons (Fsp3) is 0.136. The summed E-state index contributed by atoms with van der Waals surface area (Å²) >= 11 is 9.63. The van der Waals surface area contributed by atoms with Gasteiger partial charge in [0.05, 0.1) is 24.4 Å². The number of methoxy groups -OCH3 is 1. The number of allylic oxidation sites excluding steroid dienone is 1. The number of ether oxygens (including phenoxy) is 1. The predicted molar refractivity (Wildman–Crippen MR) is 114 cm³/mol. The molecule has 5 heteroatoms. The molecule has 1 aromatic heterocycles. The molecule has 0 radical (unpaired) electrons. The smallest absolute Gasteiger partial charge is 0.142 e. The van der Waals surface area contributed by atoms with Gasteiger partial charge in [0.1, 0.15) is 5.75 Å². The van der Waals surface area contributed by atoms with Gasteiger partial charge in [-0.3, -0.25) is 0 Å². The van der Waals surface area contributed by atoms with E-state index >= 15 is 0 Å². The number of nitriles is 1. The Balaban J connectivity index is 2.13. The van der Waals surface area contributed by atoms with Gasteiger partial charge >= 0.3 is 0 Å². The van der Waals surface area contributed by atoms with Crippen molar-refractivity contribution < 1.29 is 4.74 Å². The van der Waals surface area contributed by atoms with Gasteiger partial charge in [0.15, 0.2) is 0 Å². The quantitative estimate of drug-likeness (QED) is 0.429. The summed E-state index contributed by atoms with van der Waals surface area (Å²) < 4.78 is 8.58. The zero-order chi connectivity index (χ0) is 19.6. The van der Waals surface area contributed by atoms with Gasteiger partial charge in [-0.25, -0.2) is 0 Å². The van der Waals surface area contributed by atoms with Crippen molar-refractivity contribution in [2.45, 2.75) is 13.8 Å². The van der Waals surface area contributed by atoms with Gasteiger partial charge in [-0.15, -0.1) is 0 Å². The Morgan fingerprint density at radius 3 is 2.48 bits per heavy atom. The van der Waals surface area contributed by atoms with Crippen molar-refractivity contribution in [2.75, 3.05) is 7.11 Å². The highest BCUT2D eigenvalue weighted by Crippen LogP contribution is 2.32. The van der Waals surface area contributed by atoms with E-state index in [2.05, 4.69) is 32.6 Å². The van der Waals surface area contributed by atoms with Crippen molar-refractivity contribution in [1.82, 2.24) is 4.57 Å². The number of nitrogens with zero attached hydrogens (tertiary/aromatic N) is 2. The van der Waals surface area contributed by atoms with E-state index in [1.807, 2.05) is 56.3 Å². The first-order chi connectivity index (χ1) is 12.9. The number of halogens is 2. The van der Waals surface area contributed by atoms with Crippen LogP contribution in [-0.2, 0) is 0 Å². The number of aryl methyl sites for hydroxylation is 1. The molecule has 2 aromatic carbocycles. The fourth-order valence-corrected chi connectivity index (χ4v) is 3.54. The third-order valence-corrected chi connectivity index (χ3v) is 5.19. The van der Waals surface area contributed by atoms with E-state index in [9.17, 15) is 5.26 Å². The van der Waals surface area contributed by atoms with Crippen molar-refractivity contribution in [1.29, 1.82) is 5.26 Å². The molecule has 0 spiro atoms. The highest BCUT2D eigenvalue weighted by Gasteiger charge is 2.14. The van der Waals surface area contributed by atoms with E-state index in [-0.39, 0.29) is 0 Å². The third kappa shape index (κ3) is 3.95. The number of aromatic nitrogens is 1. The molecule has 0 fully saturated rings. The molecule has 0 saturated heterocycles. The number of benzene rings is 2. The minimum Gasteiger partial charge on any atom is -0.495 e. The molecule has 3 rings (SSSR count). The Kier molecular flexibility index (Phi) is 5.74. The summed E-state index contributed by atoms with van der Waals surface area (Å²) in [6, 6.07) is 17.6. The molecule has 0 unspecified atom stereocenters. The molecule has 1 heterocycles. The van der Waals surface area contributed by atoms with Crippen LogP contribution >= 0.6 is 27.5 Å². The lowest BCUT2D eigenvalue weighted by molar-refractivity contribution is 0.412. The molecule has 0 saturated carbocycles. The largest absolute Gasteiger partial charge is 0.495 e. The molecule has 0 atom stereocenters. The van der Waals surface area contributed by atoms with Crippen LogP contribution in [0.3, 0.4) is 0 Å². The number of hydrogen-bond acceptors (Lipinski definition) is 2. The molecular weight excluding hydrogens is 424 g/mol. The van der Waals surface area contributed by atoms with Gasteiger partial charge in [-0.2, -0.15) is 5.26 Å². The number of rotatable bonds is 4. The molecule has 3 nitrogen and oxygen atoms in total. The van der Waals surface area contributed by atoms with E-state index in [1.54, 1.807) is 13.2 Å². The molecule has 0 N–H and O–H groups in total. The van der Waals surface area contributed by atoms with Gasteiger partial charge in [-0.1, -0.05) is 39.7 Å². The Hall–Kier alpha value is -2.48. The van der Waals surface area contributed by atoms with E-state index in [0.717, 1.165) is 38.4 Å². The lowest BCUT2D eigenvalue weighted by Gasteiger charge is -2.14. The molecule has 3 aromatic rings. The fourth-order valence-electron chi connectivity index (χ4n) is 3.11. The van der Waals surface area contributed by atoms with E-state index < -0.39 is 0 Å². The Bertz CT molecular complexity index is 1060. The average molecular weight is 442 g/mol. The normalized spacial score (nSPS) is 11.3. The van der Waals surface area contributed by atoms with Crippen LogP contribution in [0, 0.1) is 25.2 Å². The zero-order valence-corrected chi connectivity index (χ0v) is 17.6. The first-order valence-electron chi connectivity index (χ1n) is 8.35. The van der Waals surface area contributed by atoms with Gasteiger partial charge in [0.2, 0.25) is 0 Å². The van der Waals surface area contributed by atoms with E-state index in [4.69, 9.17) is 16.3 Å². The second-order valence-corrected chi connectivity index (χ2v) is 7.51. The van der Waals surface area contributed by atoms with Crippen LogP contribution in [0.4, 0.5) is 0 Å². The summed E-state index contributed by atoms with van der Waals surface area (Å²) in [5, 5.41) is 10.3. The molecule has 0 amide bonds. The van der Waals surface area contributed by atoms with Gasteiger partial charge < -0.3 is 9.30 Å².